The molecule has 0 aromatic heterocycles. The van der Waals surface area contributed by atoms with Crippen molar-refractivity contribution in [2.24, 2.45) is 0 Å². The zero-order valence-electron chi connectivity index (χ0n) is 8.09. The number of halogens is 4. The van der Waals surface area contributed by atoms with Gasteiger partial charge in [0, 0.05) is 3.57 Å². The third-order valence-electron chi connectivity index (χ3n) is 2.33. The van der Waals surface area contributed by atoms with Crippen LogP contribution in [-0.2, 0) is 6.18 Å². The smallest absolute Gasteiger partial charge is 0.166 e. The van der Waals surface area contributed by atoms with E-state index in [2.05, 4.69) is 0 Å². The number of alkyl halides is 3. The molecule has 0 saturated carbocycles. The average Bonchev–Trinajstić information content (AvgIpc) is 1.98. The quantitative estimate of drug-likeness (QED) is 0.629. The van der Waals surface area contributed by atoms with Crippen molar-refractivity contribution in [2.45, 2.75) is 26.9 Å². The van der Waals surface area contributed by atoms with E-state index in [-0.39, 0.29) is 0 Å². The molecule has 0 spiro atoms. The van der Waals surface area contributed by atoms with Crippen molar-refractivity contribution >= 4 is 22.6 Å². The first kappa shape index (κ1) is 11.8. The van der Waals surface area contributed by atoms with Gasteiger partial charge in [-0.1, -0.05) is 0 Å². The summed E-state index contributed by atoms with van der Waals surface area (Å²) in [6.45, 7) is 4.73. The van der Waals surface area contributed by atoms with Gasteiger partial charge in [-0.2, -0.15) is 13.2 Å². The zero-order valence-corrected chi connectivity index (χ0v) is 10.2. The third kappa shape index (κ3) is 2.04. The fraction of sp³-hybridized carbons (Fsp3) is 0.400. The Morgan fingerprint density at radius 3 is 2.00 bits per heavy atom. The summed E-state index contributed by atoms with van der Waals surface area (Å²) in [7, 11) is 0. The van der Waals surface area contributed by atoms with Gasteiger partial charge in [-0.25, -0.2) is 0 Å². The van der Waals surface area contributed by atoms with Crippen LogP contribution in [-0.4, -0.2) is 0 Å². The molecule has 0 heterocycles. The van der Waals surface area contributed by atoms with Crippen molar-refractivity contribution in [1.82, 2.24) is 0 Å². The Hall–Kier alpha value is -0.260. The minimum atomic E-state index is -4.25. The lowest BCUT2D eigenvalue weighted by molar-refractivity contribution is -0.138. The van der Waals surface area contributed by atoms with Crippen molar-refractivity contribution in [2.75, 3.05) is 0 Å². The van der Waals surface area contributed by atoms with Crippen molar-refractivity contribution in [3.05, 3.63) is 31.9 Å². The third-order valence-corrected chi connectivity index (χ3v) is 3.45. The van der Waals surface area contributed by atoms with E-state index in [0.717, 1.165) is 0 Å². The highest BCUT2D eigenvalue weighted by Gasteiger charge is 2.35. The molecule has 0 radical (unpaired) electrons. The molecular weight excluding hydrogens is 304 g/mol. The summed E-state index contributed by atoms with van der Waals surface area (Å²) in [4.78, 5) is 0. The topological polar surface area (TPSA) is 0 Å². The first-order chi connectivity index (χ1) is 6.25. The highest BCUT2D eigenvalue weighted by Crippen LogP contribution is 2.37. The van der Waals surface area contributed by atoms with E-state index >= 15 is 0 Å². The van der Waals surface area contributed by atoms with Crippen LogP contribution < -0.4 is 0 Å². The van der Waals surface area contributed by atoms with Gasteiger partial charge in [0.05, 0.1) is 5.56 Å². The predicted octanol–water partition coefficient (Wildman–Crippen LogP) is 4.24. The van der Waals surface area contributed by atoms with Gasteiger partial charge in [0.15, 0.2) is 0 Å². The Balaban J connectivity index is 3.56. The van der Waals surface area contributed by atoms with Crippen molar-refractivity contribution in [3.63, 3.8) is 0 Å². The van der Waals surface area contributed by atoms with Crippen LogP contribution in [0.3, 0.4) is 0 Å². The largest absolute Gasteiger partial charge is 0.416 e. The van der Waals surface area contributed by atoms with Crippen LogP contribution in [0.1, 0.15) is 22.3 Å². The molecule has 0 bridgehead atoms. The number of hydrogen-bond donors (Lipinski definition) is 0. The maximum Gasteiger partial charge on any atom is 0.416 e. The molecule has 0 saturated heterocycles. The van der Waals surface area contributed by atoms with E-state index in [9.17, 15) is 13.2 Å². The summed E-state index contributed by atoms with van der Waals surface area (Å²) in [5.74, 6) is 0. The molecule has 0 amide bonds. The summed E-state index contributed by atoms with van der Waals surface area (Å²) >= 11 is 1.93. The van der Waals surface area contributed by atoms with Gasteiger partial charge in [0.25, 0.3) is 0 Å². The van der Waals surface area contributed by atoms with Crippen LogP contribution in [0.5, 0.6) is 0 Å². The summed E-state index contributed by atoms with van der Waals surface area (Å²) in [6.07, 6.45) is -4.25. The van der Waals surface area contributed by atoms with Gasteiger partial charge in [-0.15, -0.1) is 0 Å². The Labute approximate surface area is 94.6 Å². The minimum absolute atomic E-state index is 0.321. The molecule has 0 atom stereocenters. The molecule has 1 aromatic carbocycles. The summed E-state index contributed by atoms with van der Waals surface area (Å²) in [5.41, 5.74) is 0.853. The Morgan fingerprint density at radius 2 is 1.57 bits per heavy atom. The number of rotatable bonds is 0. The van der Waals surface area contributed by atoms with Crippen LogP contribution in [0.4, 0.5) is 13.2 Å². The Kier molecular flexibility index (Phi) is 3.13. The van der Waals surface area contributed by atoms with E-state index in [1.54, 1.807) is 13.0 Å². The molecule has 0 N–H and O–H groups in total. The van der Waals surface area contributed by atoms with E-state index < -0.39 is 11.7 Å². The van der Waals surface area contributed by atoms with Crippen LogP contribution >= 0.6 is 22.6 Å². The highest BCUT2D eigenvalue weighted by molar-refractivity contribution is 14.1. The SMILES string of the molecule is Cc1cc(I)c(C)c(C(F)(F)F)c1C. The second-order valence-electron chi connectivity index (χ2n) is 3.30. The summed E-state index contributed by atoms with van der Waals surface area (Å²) < 4.78 is 38.7. The molecule has 0 aliphatic rings. The standard InChI is InChI=1S/C10H10F3I/c1-5-4-8(14)7(3)9(6(5)2)10(11,12)13/h4H,1-3H3. The summed E-state index contributed by atoms with van der Waals surface area (Å²) in [5, 5.41) is 0. The second kappa shape index (κ2) is 3.72. The van der Waals surface area contributed by atoms with E-state index in [1.807, 2.05) is 22.6 Å². The normalized spacial score (nSPS) is 11.9. The van der Waals surface area contributed by atoms with E-state index in [0.29, 0.717) is 20.3 Å². The van der Waals surface area contributed by atoms with Crippen LogP contribution in [0.15, 0.2) is 6.07 Å². The monoisotopic (exact) mass is 314 g/mol. The Bertz CT molecular complexity index is 340. The van der Waals surface area contributed by atoms with Crippen LogP contribution in [0.25, 0.3) is 0 Å². The van der Waals surface area contributed by atoms with Gasteiger partial charge in [0.2, 0.25) is 0 Å². The maximum absolute atomic E-state index is 12.7. The molecule has 0 fully saturated rings. The molecule has 1 aromatic rings. The number of hydrogen-bond acceptors (Lipinski definition) is 0. The van der Waals surface area contributed by atoms with Crippen molar-refractivity contribution in [3.8, 4) is 0 Å². The minimum Gasteiger partial charge on any atom is -0.166 e. The molecule has 0 aliphatic heterocycles. The lowest BCUT2D eigenvalue weighted by Crippen LogP contribution is -2.12. The molecular formula is C10H10F3I. The molecule has 0 aliphatic carbocycles. The lowest BCUT2D eigenvalue weighted by Gasteiger charge is -2.16. The van der Waals surface area contributed by atoms with Crippen molar-refractivity contribution in [1.29, 1.82) is 0 Å². The highest BCUT2D eigenvalue weighted by atomic mass is 127. The average molecular weight is 314 g/mol. The van der Waals surface area contributed by atoms with Gasteiger partial charge in [-0.3, -0.25) is 0 Å². The Morgan fingerprint density at radius 1 is 1.07 bits per heavy atom. The maximum atomic E-state index is 12.7. The number of aryl methyl sites for hydroxylation is 1. The summed E-state index contributed by atoms with van der Waals surface area (Å²) in [6, 6.07) is 1.78. The van der Waals surface area contributed by atoms with Gasteiger partial charge in [-0.05, 0) is 66.1 Å². The molecule has 0 unspecified atom stereocenters. The second-order valence-corrected chi connectivity index (χ2v) is 4.46. The first-order valence-corrected chi connectivity index (χ1v) is 5.16. The van der Waals surface area contributed by atoms with Gasteiger partial charge < -0.3 is 0 Å². The fourth-order valence-corrected chi connectivity index (χ4v) is 2.17. The van der Waals surface area contributed by atoms with Crippen molar-refractivity contribution < 1.29 is 13.2 Å². The van der Waals surface area contributed by atoms with Gasteiger partial charge >= 0.3 is 6.18 Å². The van der Waals surface area contributed by atoms with Crippen LogP contribution in [0, 0.1) is 24.3 Å². The molecule has 14 heavy (non-hydrogen) atoms. The zero-order chi connectivity index (χ0) is 11.1. The molecule has 1 rings (SSSR count). The van der Waals surface area contributed by atoms with E-state index in [4.69, 9.17) is 0 Å². The lowest BCUT2D eigenvalue weighted by atomic mass is 9.98. The predicted molar refractivity (Wildman–Crippen MR) is 58.4 cm³/mol. The fourth-order valence-electron chi connectivity index (χ4n) is 1.43. The first-order valence-electron chi connectivity index (χ1n) is 4.08. The molecule has 0 nitrogen and oxygen atoms in total. The number of benzene rings is 1. The molecule has 4 heteroatoms. The van der Waals surface area contributed by atoms with Crippen LogP contribution in [0.2, 0.25) is 0 Å². The van der Waals surface area contributed by atoms with E-state index in [1.165, 1.54) is 13.8 Å². The van der Waals surface area contributed by atoms with Gasteiger partial charge in [0.1, 0.15) is 0 Å². The molecule has 78 valence electrons.